The van der Waals surface area contributed by atoms with Crippen LogP contribution in [0.3, 0.4) is 0 Å². The number of aromatic nitrogens is 2. The Morgan fingerprint density at radius 3 is 3.06 bits per heavy atom. The molecule has 0 aliphatic carbocycles. The number of hydrogen-bond acceptors (Lipinski definition) is 4. The molecule has 1 N–H and O–H groups in total. The maximum atomic E-state index is 5.73. The van der Waals surface area contributed by atoms with Gasteiger partial charge in [0.2, 0.25) is 0 Å². The first-order valence-corrected chi connectivity index (χ1v) is 5.73. The van der Waals surface area contributed by atoms with Crippen LogP contribution >= 0.6 is 0 Å². The lowest BCUT2D eigenvalue weighted by Crippen LogP contribution is -2.41. The van der Waals surface area contributed by atoms with Crippen LogP contribution in [0.5, 0.6) is 0 Å². The molecule has 1 aliphatic heterocycles. The summed E-state index contributed by atoms with van der Waals surface area (Å²) in [4.78, 5) is 4.37. The molecule has 1 aromatic rings. The maximum Gasteiger partial charge on any atom is 0.128 e. The lowest BCUT2D eigenvalue weighted by Gasteiger charge is -2.30. The molecule has 1 aromatic heterocycles. The van der Waals surface area contributed by atoms with Gasteiger partial charge >= 0.3 is 0 Å². The first kappa shape index (κ1) is 11.6. The summed E-state index contributed by atoms with van der Waals surface area (Å²) in [7, 11) is 2.00. The molecule has 0 radical (unpaired) electrons. The number of aryl methyl sites for hydroxylation is 1. The fourth-order valence-electron chi connectivity index (χ4n) is 1.98. The normalized spacial score (nSPS) is 23.2. The number of nitrogens with zero attached hydrogens (tertiary/aromatic N) is 2. The van der Waals surface area contributed by atoms with Crippen molar-refractivity contribution < 1.29 is 9.47 Å². The van der Waals surface area contributed by atoms with Crippen molar-refractivity contribution in [2.24, 2.45) is 7.05 Å². The van der Waals surface area contributed by atoms with E-state index in [0.717, 1.165) is 12.4 Å². The summed E-state index contributed by atoms with van der Waals surface area (Å²) >= 11 is 0. The smallest absolute Gasteiger partial charge is 0.128 e. The predicted octanol–water partition coefficient (Wildman–Crippen LogP) is 0.486. The summed E-state index contributed by atoms with van der Waals surface area (Å²) in [6, 6.07) is 0.102. The topological polar surface area (TPSA) is 48.3 Å². The van der Waals surface area contributed by atoms with Crippen molar-refractivity contribution in [3.63, 3.8) is 0 Å². The molecule has 2 heterocycles. The van der Waals surface area contributed by atoms with Gasteiger partial charge in [-0.15, -0.1) is 0 Å². The van der Waals surface area contributed by atoms with Gasteiger partial charge in [0.1, 0.15) is 11.9 Å². The van der Waals surface area contributed by atoms with E-state index in [9.17, 15) is 0 Å². The number of nitrogens with one attached hydrogen (secondary N) is 1. The van der Waals surface area contributed by atoms with E-state index >= 15 is 0 Å². The van der Waals surface area contributed by atoms with Crippen molar-refractivity contribution in [2.75, 3.05) is 26.4 Å². The van der Waals surface area contributed by atoms with Crippen molar-refractivity contribution in [2.45, 2.75) is 19.1 Å². The highest BCUT2D eigenvalue weighted by Gasteiger charge is 2.28. The lowest BCUT2D eigenvalue weighted by molar-refractivity contribution is -0.103. The van der Waals surface area contributed by atoms with Gasteiger partial charge in [-0.25, -0.2) is 4.98 Å². The van der Waals surface area contributed by atoms with E-state index in [1.165, 1.54) is 0 Å². The lowest BCUT2D eigenvalue weighted by atomic mass is 10.1. The molecule has 0 saturated carbocycles. The second-order valence-electron chi connectivity index (χ2n) is 3.92. The summed E-state index contributed by atoms with van der Waals surface area (Å²) in [6.45, 7) is 4.95. The summed E-state index contributed by atoms with van der Waals surface area (Å²) in [5.41, 5.74) is 0. The Morgan fingerprint density at radius 2 is 2.50 bits per heavy atom. The molecule has 0 spiro atoms. The largest absolute Gasteiger partial charge is 0.376 e. The van der Waals surface area contributed by atoms with Crippen LogP contribution in [0.2, 0.25) is 0 Å². The second kappa shape index (κ2) is 5.43. The van der Waals surface area contributed by atoms with Crippen LogP contribution in [-0.2, 0) is 16.5 Å². The van der Waals surface area contributed by atoms with E-state index in [-0.39, 0.29) is 12.1 Å². The second-order valence-corrected chi connectivity index (χ2v) is 3.92. The van der Waals surface area contributed by atoms with Gasteiger partial charge in [-0.1, -0.05) is 6.92 Å². The van der Waals surface area contributed by atoms with Crippen LogP contribution in [0.25, 0.3) is 0 Å². The fraction of sp³-hybridized carbons (Fsp3) is 0.727. The van der Waals surface area contributed by atoms with Gasteiger partial charge < -0.3 is 19.4 Å². The molecule has 1 saturated heterocycles. The molecule has 2 rings (SSSR count). The van der Waals surface area contributed by atoms with Crippen LogP contribution in [0.1, 0.15) is 18.8 Å². The van der Waals surface area contributed by atoms with Crippen LogP contribution in [-0.4, -0.2) is 42.0 Å². The Bertz CT molecular complexity index is 321. The molecule has 0 bridgehead atoms. The number of likely N-dealkylation sites (N-methyl/N-ethyl adjacent to an activating group) is 1. The minimum atomic E-state index is 0.0507. The number of ether oxygens (including phenoxy) is 2. The van der Waals surface area contributed by atoms with E-state index in [4.69, 9.17) is 9.47 Å². The molecular formula is C11H19N3O2. The van der Waals surface area contributed by atoms with E-state index in [2.05, 4.69) is 17.2 Å². The number of rotatable bonds is 4. The Labute approximate surface area is 95.8 Å². The highest BCUT2D eigenvalue weighted by atomic mass is 16.6. The van der Waals surface area contributed by atoms with Crippen molar-refractivity contribution in [1.29, 1.82) is 0 Å². The minimum Gasteiger partial charge on any atom is -0.376 e. The molecule has 5 nitrogen and oxygen atoms in total. The molecule has 0 amide bonds. The van der Waals surface area contributed by atoms with Gasteiger partial charge in [0.25, 0.3) is 0 Å². The monoisotopic (exact) mass is 225 g/mol. The first-order chi connectivity index (χ1) is 7.83. The third kappa shape index (κ3) is 2.42. The van der Waals surface area contributed by atoms with Crippen LogP contribution < -0.4 is 5.32 Å². The standard InChI is InChI=1S/C11H19N3O2/c1-3-12-10(9-8-15-6-7-16-9)11-13-4-5-14(11)2/h4-5,9-10,12H,3,6-8H2,1-2H3. The Morgan fingerprint density at radius 1 is 1.62 bits per heavy atom. The fourth-order valence-corrected chi connectivity index (χ4v) is 1.98. The van der Waals surface area contributed by atoms with Crippen molar-refractivity contribution in [3.05, 3.63) is 18.2 Å². The quantitative estimate of drug-likeness (QED) is 0.810. The molecule has 1 aliphatic rings. The zero-order valence-electron chi connectivity index (χ0n) is 9.85. The Balaban J connectivity index is 2.12. The average Bonchev–Trinajstić information content (AvgIpc) is 2.73. The average molecular weight is 225 g/mol. The molecule has 90 valence electrons. The molecule has 1 fully saturated rings. The van der Waals surface area contributed by atoms with Crippen molar-refractivity contribution in [1.82, 2.24) is 14.9 Å². The van der Waals surface area contributed by atoms with Crippen molar-refractivity contribution in [3.8, 4) is 0 Å². The SMILES string of the molecule is CCNC(c1nccn1C)C1COCCO1. The van der Waals surface area contributed by atoms with Gasteiger partial charge in [-0.3, -0.25) is 0 Å². The van der Waals surface area contributed by atoms with E-state index in [0.29, 0.717) is 19.8 Å². The Kier molecular flexibility index (Phi) is 3.93. The Hall–Kier alpha value is -0.910. The summed E-state index contributed by atoms with van der Waals surface area (Å²) in [6.07, 6.45) is 3.81. The van der Waals surface area contributed by atoms with E-state index in [1.807, 2.05) is 24.0 Å². The van der Waals surface area contributed by atoms with Gasteiger partial charge in [0.05, 0.1) is 25.9 Å². The first-order valence-electron chi connectivity index (χ1n) is 5.73. The van der Waals surface area contributed by atoms with Gasteiger partial charge in [-0.05, 0) is 6.54 Å². The third-order valence-electron chi connectivity index (χ3n) is 2.77. The van der Waals surface area contributed by atoms with Crippen LogP contribution in [0.15, 0.2) is 12.4 Å². The van der Waals surface area contributed by atoms with E-state index < -0.39 is 0 Å². The predicted molar refractivity (Wildman–Crippen MR) is 60.2 cm³/mol. The van der Waals surface area contributed by atoms with Gasteiger partial charge in [0.15, 0.2) is 0 Å². The van der Waals surface area contributed by atoms with Crippen LogP contribution in [0, 0.1) is 0 Å². The highest BCUT2D eigenvalue weighted by Crippen LogP contribution is 2.19. The zero-order valence-corrected chi connectivity index (χ0v) is 9.85. The summed E-state index contributed by atoms with van der Waals surface area (Å²) in [5.74, 6) is 0.998. The molecule has 0 aromatic carbocycles. The summed E-state index contributed by atoms with van der Waals surface area (Å²) < 4.78 is 13.2. The highest BCUT2D eigenvalue weighted by molar-refractivity contribution is 5.02. The molecule has 2 unspecified atom stereocenters. The number of imidazole rings is 1. The third-order valence-corrected chi connectivity index (χ3v) is 2.77. The zero-order chi connectivity index (χ0) is 11.4. The summed E-state index contributed by atoms with van der Waals surface area (Å²) in [5, 5.41) is 3.41. The van der Waals surface area contributed by atoms with Gasteiger partial charge in [0, 0.05) is 19.4 Å². The minimum absolute atomic E-state index is 0.0507. The number of hydrogen-bond donors (Lipinski definition) is 1. The van der Waals surface area contributed by atoms with E-state index in [1.54, 1.807) is 0 Å². The molecule has 5 heteroatoms. The molecular weight excluding hydrogens is 206 g/mol. The van der Waals surface area contributed by atoms with Gasteiger partial charge in [-0.2, -0.15) is 0 Å². The molecule has 16 heavy (non-hydrogen) atoms. The van der Waals surface area contributed by atoms with Crippen LogP contribution in [0.4, 0.5) is 0 Å². The van der Waals surface area contributed by atoms with Crippen molar-refractivity contribution >= 4 is 0 Å². The molecule has 2 atom stereocenters. The maximum absolute atomic E-state index is 5.73.